The zero-order valence-corrected chi connectivity index (χ0v) is 18.5. The van der Waals surface area contributed by atoms with Gasteiger partial charge in [0.1, 0.15) is 0 Å². The van der Waals surface area contributed by atoms with E-state index < -0.39 is 10.8 Å². The van der Waals surface area contributed by atoms with Crippen LogP contribution in [0.25, 0.3) is 0 Å². The van der Waals surface area contributed by atoms with Crippen LogP contribution in [0.1, 0.15) is 72.4 Å². The summed E-state index contributed by atoms with van der Waals surface area (Å²) in [7, 11) is 0. The van der Waals surface area contributed by atoms with Gasteiger partial charge in [0.15, 0.2) is 11.5 Å². The molecule has 0 aliphatic rings. The van der Waals surface area contributed by atoms with Gasteiger partial charge in [-0.2, -0.15) is 0 Å². The molecule has 5 heteroatoms. The second-order valence-corrected chi connectivity index (χ2v) is 8.56. The predicted octanol–water partition coefficient (Wildman–Crippen LogP) is 5.02. The zero-order chi connectivity index (χ0) is 18.9. The van der Waals surface area contributed by atoms with E-state index in [0.29, 0.717) is 11.5 Å². The van der Waals surface area contributed by atoms with Crippen molar-refractivity contribution in [3.05, 3.63) is 23.3 Å². The summed E-state index contributed by atoms with van der Waals surface area (Å²) < 4.78 is 11.3. The molecule has 0 aliphatic carbocycles. The van der Waals surface area contributed by atoms with Crippen LogP contribution >= 0.6 is 0 Å². The van der Waals surface area contributed by atoms with Gasteiger partial charge in [0.25, 0.3) is 0 Å². The van der Waals surface area contributed by atoms with Gasteiger partial charge in [-0.05, 0) is 59.9 Å². The van der Waals surface area contributed by atoms with Crippen molar-refractivity contribution in [2.24, 2.45) is 10.8 Å². The van der Waals surface area contributed by atoms with Gasteiger partial charge in [-0.3, -0.25) is 9.59 Å². The molecule has 0 unspecified atom stereocenters. The summed E-state index contributed by atoms with van der Waals surface area (Å²) >= 11 is 0. The Labute approximate surface area is 164 Å². The minimum atomic E-state index is -0.650. The van der Waals surface area contributed by atoms with Crippen molar-refractivity contribution in [1.82, 2.24) is 0 Å². The number of carbonyl (C=O) groups excluding carboxylic acids is 2. The van der Waals surface area contributed by atoms with Gasteiger partial charge >= 0.3 is 11.9 Å². The smallest absolute Gasteiger partial charge is 0.316 e. The molecule has 1 aromatic carbocycles. The average Bonchev–Trinajstić information content (AvgIpc) is 2.39. The first kappa shape index (κ1) is 23.8. The molecule has 142 valence electrons. The Morgan fingerprint density at radius 3 is 1.60 bits per heavy atom. The quantitative estimate of drug-likeness (QED) is 0.380. The molecule has 0 atom stereocenters. The van der Waals surface area contributed by atoms with Crippen LogP contribution in [0.4, 0.5) is 0 Å². The summed E-state index contributed by atoms with van der Waals surface area (Å²) in [5, 5.41) is 0. The van der Waals surface area contributed by atoms with E-state index in [1.54, 1.807) is 41.5 Å². The van der Waals surface area contributed by atoms with Crippen molar-refractivity contribution in [2.45, 2.75) is 68.2 Å². The Bertz CT molecular complexity index is 634. The molecule has 0 aromatic heterocycles. The van der Waals surface area contributed by atoms with E-state index in [0.717, 1.165) is 11.1 Å². The second kappa shape index (κ2) is 8.44. The van der Waals surface area contributed by atoms with Gasteiger partial charge < -0.3 is 9.47 Å². The van der Waals surface area contributed by atoms with Gasteiger partial charge in [-0.25, -0.2) is 0 Å². The number of rotatable bonds is 3. The topological polar surface area (TPSA) is 52.6 Å². The van der Waals surface area contributed by atoms with Gasteiger partial charge in [0, 0.05) is 25.0 Å². The Kier molecular flexibility index (Phi) is 8.03. The van der Waals surface area contributed by atoms with Crippen molar-refractivity contribution in [3.8, 4) is 11.5 Å². The maximum atomic E-state index is 12.4. The largest absolute Gasteiger partial charge is 0.422 e. The number of esters is 2. The molecule has 0 saturated carbocycles. The van der Waals surface area contributed by atoms with Crippen LogP contribution in [0.3, 0.4) is 0 Å². The van der Waals surface area contributed by atoms with Crippen molar-refractivity contribution in [2.75, 3.05) is 0 Å². The Morgan fingerprint density at radius 2 is 1.24 bits per heavy atom. The summed E-state index contributed by atoms with van der Waals surface area (Å²) in [6, 6.07) is 3.80. The van der Waals surface area contributed by atoms with Crippen molar-refractivity contribution in [3.63, 3.8) is 0 Å². The summed E-state index contributed by atoms with van der Waals surface area (Å²) in [6.45, 7) is 16.6. The van der Waals surface area contributed by atoms with Gasteiger partial charge in [0.2, 0.25) is 0 Å². The molecule has 0 amide bonds. The first-order valence-corrected chi connectivity index (χ1v) is 8.33. The Balaban J connectivity index is 0.00000576. The molecule has 1 aromatic rings. The fourth-order valence-electron chi connectivity index (χ4n) is 1.85. The molecular weight excluding hydrogens is 405 g/mol. The van der Waals surface area contributed by atoms with Crippen LogP contribution < -0.4 is 9.47 Å². The second-order valence-electron chi connectivity index (χ2n) is 8.56. The van der Waals surface area contributed by atoms with E-state index in [-0.39, 0.29) is 37.3 Å². The summed E-state index contributed by atoms with van der Waals surface area (Å²) in [6.07, 6.45) is 0. The monoisotopic (exact) mass is 436 g/mol. The van der Waals surface area contributed by atoms with E-state index in [1.165, 1.54) is 0 Å². The number of hydrogen-bond donors (Lipinski definition) is 0. The number of aryl methyl sites for hydroxylation is 1. The van der Waals surface area contributed by atoms with Crippen molar-refractivity contribution < 1.29 is 38.5 Å². The number of carbonyl (C=O) groups is 2. The summed E-state index contributed by atoms with van der Waals surface area (Å²) in [5.74, 6) is 0.0873. The van der Waals surface area contributed by atoms with Gasteiger partial charge in [0.05, 0.1) is 10.8 Å². The fourth-order valence-corrected chi connectivity index (χ4v) is 1.85. The third kappa shape index (κ3) is 6.22. The van der Waals surface area contributed by atoms with E-state index in [9.17, 15) is 9.59 Å². The fraction of sp³-hybridized carbons (Fsp3) is 0.600. The van der Waals surface area contributed by atoms with Gasteiger partial charge in [-0.15, -0.1) is 0 Å². The normalized spacial score (nSPS) is 11.8. The molecule has 0 saturated heterocycles. The Morgan fingerprint density at radius 1 is 0.840 bits per heavy atom. The Hall–Kier alpha value is -1.22. The van der Waals surface area contributed by atoms with Crippen molar-refractivity contribution >= 4 is 11.9 Å². The molecule has 0 N–H and O–H groups in total. The summed E-state index contributed by atoms with van der Waals surface area (Å²) in [4.78, 5) is 24.7. The number of benzene rings is 1. The minimum absolute atomic E-state index is 0. The van der Waals surface area contributed by atoms with Crippen molar-refractivity contribution in [1.29, 1.82) is 0 Å². The van der Waals surface area contributed by atoms with Crippen LogP contribution in [0.2, 0.25) is 0 Å². The van der Waals surface area contributed by atoms with E-state index in [2.05, 4.69) is 0 Å². The van der Waals surface area contributed by atoms with E-state index in [1.807, 2.05) is 32.9 Å². The van der Waals surface area contributed by atoms with Crippen LogP contribution in [0, 0.1) is 17.8 Å². The molecule has 1 rings (SSSR count). The van der Waals surface area contributed by atoms with Crippen LogP contribution in [0.5, 0.6) is 11.5 Å². The third-order valence-corrected chi connectivity index (χ3v) is 3.58. The molecule has 0 fully saturated rings. The van der Waals surface area contributed by atoms with E-state index >= 15 is 0 Å². The van der Waals surface area contributed by atoms with Crippen LogP contribution in [-0.2, 0) is 29.1 Å². The third-order valence-electron chi connectivity index (χ3n) is 3.58. The first-order chi connectivity index (χ1) is 10.7. The molecule has 4 nitrogen and oxygen atoms in total. The first-order valence-electron chi connectivity index (χ1n) is 8.33. The molecule has 0 radical (unpaired) electrons. The van der Waals surface area contributed by atoms with Gasteiger partial charge in [-0.1, -0.05) is 26.0 Å². The van der Waals surface area contributed by atoms with Crippen LogP contribution in [0.15, 0.2) is 12.1 Å². The maximum Gasteiger partial charge on any atom is 0.316 e. The predicted molar refractivity (Wildman–Crippen MR) is 95.4 cm³/mol. The molecular formula is C20H30O4Ru. The van der Waals surface area contributed by atoms with E-state index in [4.69, 9.17) is 9.47 Å². The number of ether oxygens (including phenoxy) is 2. The zero-order valence-electron chi connectivity index (χ0n) is 16.7. The van der Waals surface area contributed by atoms with Crippen LogP contribution in [-0.4, -0.2) is 11.9 Å². The molecule has 0 spiro atoms. The SMILES string of the molecule is Cc1ccc(C(C)C)c(OC(=O)C(C)(C)C)c1OC(=O)C(C)(C)C.[Ru]. The summed E-state index contributed by atoms with van der Waals surface area (Å²) in [5.41, 5.74) is 0.304. The average molecular weight is 436 g/mol. The molecule has 0 heterocycles. The minimum Gasteiger partial charge on any atom is -0.422 e. The molecule has 25 heavy (non-hydrogen) atoms. The number of hydrogen-bond acceptors (Lipinski definition) is 4. The molecule has 0 aliphatic heterocycles. The molecule has 0 bridgehead atoms. The standard InChI is InChI=1S/C20H30O4.Ru/c1-12(2)14-11-10-13(3)15(23-17(21)19(4,5)6)16(14)24-18(22)20(7,8)9;/h10-12H,1-9H3;. The maximum absolute atomic E-state index is 12.4.